The molecule has 170 valence electrons. The van der Waals surface area contributed by atoms with E-state index in [1.807, 2.05) is 12.1 Å². The summed E-state index contributed by atoms with van der Waals surface area (Å²) in [6.07, 6.45) is 3.92. The van der Waals surface area contributed by atoms with Gasteiger partial charge in [-0.15, -0.1) is 0 Å². The molecule has 3 fully saturated rings. The lowest BCUT2D eigenvalue weighted by atomic mass is 9.70. The van der Waals surface area contributed by atoms with Crippen LogP contribution in [0.3, 0.4) is 0 Å². The second kappa shape index (κ2) is 8.55. The first-order chi connectivity index (χ1) is 15.3. The average Bonchev–Trinajstić information content (AvgIpc) is 2.78. The Morgan fingerprint density at radius 1 is 1.12 bits per heavy atom. The molecule has 2 bridgehead atoms. The van der Waals surface area contributed by atoms with Gasteiger partial charge in [0.15, 0.2) is 0 Å². The van der Waals surface area contributed by atoms with Crippen LogP contribution in [0.15, 0.2) is 36.4 Å². The van der Waals surface area contributed by atoms with Gasteiger partial charge in [0.25, 0.3) is 0 Å². The van der Waals surface area contributed by atoms with Gasteiger partial charge in [-0.3, -0.25) is 4.90 Å². The molecule has 3 heterocycles. The first-order valence-corrected chi connectivity index (χ1v) is 12.3. The lowest BCUT2D eigenvalue weighted by molar-refractivity contribution is -0.0353. The molecular weight excluding hydrogens is 443 g/mol. The van der Waals surface area contributed by atoms with Gasteiger partial charge >= 0.3 is 6.09 Å². The zero-order valence-corrected chi connectivity index (χ0v) is 20.2. The van der Waals surface area contributed by atoms with E-state index in [-0.39, 0.29) is 23.7 Å². The molecule has 6 rings (SSSR count). The molecule has 3 aliphatic heterocycles. The fourth-order valence-corrected chi connectivity index (χ4v) is 6.02. The third kappa shape index (κ3) is 4.25. The standard InChI is InChI=1S/C26H30Cl2N2O2/c1-26(2)10-7-18-13-17(21-14-19(27)4-6-22(21)28)3-5-20(18)24(26)29-25(31)32-23-15-30-11-8-16(23)9-12-30/h3-6,13-14,16,23-24H,7-12,15H2,1-2H3,(H,29,31)/t23-,24?/m1/s1. The number of nitrogens with one attached hydrogen (secondary N) is 1. The molecule has 4 nitrogen and oxygen atoms in total. The second-order valence-corrected chi connectivity index (χ2v) is 11.0. The van der Waals surface area contributed by atoms with Crippen LogP contribution in [0.25, 0.3) is 11.1 Å². The number of piperidine rings is 3. The van der Waals surface area contributed by atoms with Gasteiger partial charge in [0.2, 0.25) is 0 Å². The van der Waals surface area contributed by atoms with Crippen molar-refractivity contribution in [2.45, 2.75) is 51.7 Å². The molecule has 2 aromatic rings. The maximum atomic E-state index is 12.9. The molecule has 0 radical (unpaired) electrons. The molecule has 1 aliphatic carbocycles. The minimum absolute atomic E-state index is 0.0102. The summed E-state index contributed by atoms with van der Waals surface area (Å²) in [4.78, 5) is 15.3. The van der Waals surface area contributed by atoms with Crippen molar-refractivity contribution in [3.8, 4) is 11.1 Å². The van der Waals surface area contributed by atoms with Crippen LogP contribution in [0.2, 0.25) is 10.0 Å². The number of ether oxygens (including phenoxy) is 1. The Labute approximate surface area is 200 Å². The summed E-state index contributed by atoms with van der Waals surface area (Å²) in [6.45, 7) is 7.57. The van der Waals surface area contributed by atoms with Crippen molar-refractivity contribution in [1.29, 1.82) is 0 Å². The van der Waals surface area contributed by atoms with Crippen LogP contribution in [0.5, 0.6) is 0 Å². The van der Waals surface area contributed by atoms with E-state index in [1.54, 1.807) is 6.07 Å². The number of halogens is 2. The van der Waals surface area contributed by atoms with Gasteiger partial charge in [-0.05, 0) is 85.0 Å². The van der Waals surface area contributed by atoms with E-state index in [2.05, 4.69) is 42.3 Å². The van der Waals surface area contributed by atoms with Crippen molar-refractivity contribution in [2.24, 2.45) is 11.3 Å². The van der Waals surface area contributed by atoms with Crippen LogP contribution in [0, 0.1) is 11.3 Å². The zero-order chi connectivity index (χ0) is 22.5. The number of fused-ring (bicyclic) bond motifs is 4. The second-order valence-electron chi connectivity index (χ2n) is 10.2. The van der Waals surface area contributed by atoms with E-state index in [0.29, 0.717) is 16.0 Å². The Hall–Kier alpha value is -1.75. The molecule has 2 aromatic carbocycles. The van der Waals surface area contributed by atoms with Crippen LogP contribution in [-0.2, 0) is 11.2 Å². The lowest BCUT2D eigenvalue weighted by Gasteiger charge is -2.44. The third-order valence-corrected chi connectivity index (χ3v) is 8.19. The van der Waals surface area contributed by atoms with Gasteiger partial charge in [-0.1, -0.05) is 55.2 Å². The van der Waals surface area contributed by atoms with Crippen molar-refractivity contribution in [2.75, 3.05) is 19.6 Å². The Morgan fingerprint density at radius 3 is 2.62 bits per heavy atom. The highest BCUT2D eigenvalue weighted by Crippen LogP contribution is 2.45. The molecule has 1 N–H and O–H groups in total. The highest BCUT2D eigenvalue weighted by Gasteiger charge is 2.40. The fraction of sp³-hybridized carbons (Fsp3) is 0.500. The Kier molecular flexibility index (Phi) is 5.90. The molecule has 2 atom stereocenters. The molecule has 0 saturated carbocycles. The Morgan fingerprint density at radius 2 is 1.91 bits per heavy atom. The van der Waals surface area contributed by atoms with Gasteiger partial charge in [0.1, 0.15) is 6.10 Å². The lowest BCUT2D eigenvalue weighted by Crippen LogP contribution is -2.53. The van der Waals surface area contributed by atoms with Crippen LogP contribution < -0.4 is 5.32 Å². The molecule has 0 aromatic heterocycles. The van der Waals surface area contributed by atoms with Gasteiger partial charge in [0, 0.05) is 22.2 Å². The van der Waals surface area contributed by atoms with Crippen molar-refractivity contribution < 1.29 is 9.53 Å². The predicted molar refractivity (Wildman–Crippen MR) is 129 cm³/mol. The minimum atomic E-state index is -0.295. The van der Waals surface area contributed by atoms with E-state index in [1.165, 1.54) is 5.56 Å². The summed E-state index contributed by atoms with van der Waals surface area (Å²) in [6, 6.07) is 11.8. The summed E-state index contributed by atoms with van der Waals surface area (Å²) in [5.74, 6) is 0.502. The highest BCUT2D eigenvalue weighted by atomic mass is 35.5. The fourth-order valence-electron chi connectivity index (χ4n) is 5.62. The zero-order valence-electron chi connectivity index (χ0n) is 18.7. The predicted octanol–water partition coefficient (Wildman–Crippen LogP) is 6.49. The Balaban J connectivity index is 1.37. The van der Waals surface area contributed by atoms with E-state index in [9.17, 15) is 4.79 Å². The van der Waals surface area contributed by atoms with Gasteiger partial charge in [-0.2, -0.15) is 0 Å². The quantitative estimate of drug-likeness (QED) is 0.554. The van der Waals surface area contributed by atoms with Crippen molar-refractivity contribution in [1.82, 2.24) is 10.2 Å². The van der Waals surface area contributed by atoms with Crippen LogP contribution in [0.4, 0.5) is 4.79 Å². The van der Waals surface area contributed by atoms with Gasteiger partial charge < -0.3 is 10.1 Å². The Bertz CT molecular complexity index is 1030. The van der Waals surface area contributed by atoms with E-state index >= 15 is 0 Å². The van der Waals surface area contributed by atoms with Gasteiger partial charge in [-0.25, -0.2) is 4.79 Å². The number of benzene rings is 2. The van der Waals surface area contributed by atoms with E-state index in [4.69, 9.17) is 27.9 Å². The number of hydrogen-bond donors (Lipinski definition) is 1. The smallest absolute Gasteiger partial charge is 0.407 e. The molecule has 32 heavy (non-hydrogen) atoms. The summed E-state index contributed by atoms with van der Waals surface area (Å²) in [5.41, 5.74) is 4.32. The molecule has 6 heteroatoms. The molecule has 3 saturated heterocycles. The average molecular weight is 473 g/mol. The summed E-state index contributed by atoms with van der Waals surface area (Å²) in [5, 5.41) is 4.57. The normalized spacial score (nSPS) is 28.1. The third-order valence-electron chi connectivity index (χ3n) is 7.63. The van der Waals surface area contributed by atoms with Crippen molar-refractivity contribution in [3.05, 3.63) is 57.6 Å². The van der Waals surface area contributed by atoms with E-state index in [0.717, 1.165) is 62.0 Å². The number of carbonyl (C=O) groups is 1. The summed E-state index contributed by atoms with van der Waals surface area (Å²) < 4.78 is 5.93. The van der Waals surface area contributed by atoms with Gasteiger partial charge in [0.05, 0.1) is 6.04 Å². The first kappa shape index (κ1) is 22.1. The van der Waals surface area contributed by atoms with Crippen molar-refractivity contribution in [3.63, 3.8) is 0 Å². The molecule has 1 amide bonds. The van der Waals surface area contributed by atoms with Crippen LogP contribution >= 0.6 is 23.2 Å². The molecule has 1 unspecified atom stereocenters. The van der Waals surface area contributed by atoms with E-state index < -0.39 is 0 Å². The number of amides is 1. The number of carbonyl (C=O) groups excluding carboxylic acids is 1. The minimum Gasteiger partial charge on any atom is -0.445 e. The topological polar surface area (TPSA) is 41.6 Å². The summed E-state index contributed by atoms with van der Waals surface area (Å²) in [7, 11) is 0. The number of rotatable bonds is 3. The van der Waals surface area contributed by atoms with Crippen LogP contribution in [0.1, 0.15) is 50.3 Å². The van der Waals surface area contributed by atoms with Crippen LogP contribution in [-0.4, -0.2) is 36.7 Å². The molecule has 0 spiro atoms. The number of hydrogen-bond acceptors (Lipinski definition) is 3. The maximum Gasteiger partial charge on any atom is 0.407 e. The molecular formula is C26H30Cl2N2O2. The number of aryl methyl sites for hydroxylation is 1. The number of alkyl carbamates (subject to hydrolysis) is 1. The largest absolute Gasteiger partial charge is 0.445 e. The first-order valence-electron chi connectivity index (χ1n) is 11.6. The summed E-state index contributed by atoms with van der Waals surface area (Å²) >= 11 is 12.6. The highest BCUT2D eigenvalue weighted by molar-refractivity contribution is 6.35. The van der Waals surface area contributed by atoms with Crippen molar-refractivity contribution >= 4 is 29.3 Å². The number of nitrogens with zero attached hydrogens (tertiary/aromatic N) is 1. The SMILES string of the molecule is CC1(C)CCc2cc(-c3cc(Cl)ccc3Cl)ccc2C1NC(=O)O[C@@H]1CN2CCC1CC2. The maximum absolute atomic E-state index is 12.9. The molecule has 4 aliphatic rings. The monoisotopic (exact) mass is 472 g/mol.